The summed E-state index contributed by atoms with van der Waals surface area (Å²) in [5.74, 6) is 1.01. The van der Waals surface area contributed by atoms with E-state index in [2.05, 4.69) is 15.5 Å². The van der Waals surface area contributed by atoms with Gasteiger partial charge in [0.1, 0.15) is 5.82 Å². The van der Waals surface area contributed by atoms with E-state index < -0.39 is 0 Å². The molecule has 19 heavy (non-hydrogen) atoms. The average Bonchev–Trinajstić information content (AvgIpc) is 2.88. The highest BCUT2D eigenvalue weighted by atomic mass is 19.1. The summed E-state index contributed by atoms with van der Waals surface area (Å²) in [7, 11) is 0. The molecule has 4 nitrogen and oxygen atoms in total. The third-order valence-corrected chi connectivity index (χ3v) is 3.34. The van der Waals surface area contributed by atoms with E-state index in [0.29, 0.717) is 18.1 Å². The van der Waals surface area contributed by atoms with Crippen LogP contribution in [0.5, 0.6) is 0 Å². The lowest BCUT2D eigenvalue weighted by molar-refractivity contribution is 0.296. The summed E-state index contributed by atoms with van der Waals surface area (Å²) in [5.41, 5.74) is 0.851. The van der Waals surface area contributed by atoms with Gasteiger partial charge in [-0.2, -0.15) is 4.98 Å². The Labute approximate surface area is 111 Å². The third kappa shape index (κ3) is 2.98. The van der Waals surface area contributed by atoms with Gasteiger partial charge in [-0.05, 0) is 37.1 Å². The molecule has 1 aromatic carbocycles. The van der Waals surface area contributed by atoms with E-state index in [0.717, 1.165) is 18.5 Å². The fourth-order valence-electron chi connectivity index (χ4n) is 2.37. The van der Waals surface area contributed by atoms with Crippen molar-refractivity contribution in [2.45, 2.75) is 31.7 Å². The Morgan fingerprint density at radius 1 is 1.37 bits per heavy atom. The third-order valence-electron chi connectivity index (χ3n) is 3.34. The van der Waals surface area contributed by atoms with Crippen molar-refractivity contribution in [2.75, 3.05) is 6.54 Å². The molecule has 0 spiro atoms. The molecule has 0 radical (unpaired) electrons. The first-order chi connectivity index (χ1) is 9.31. The maximum absolute atomic E-state index is 13.1. The molecule has 2 heterocycles. The highest BCUT2D eigenvalue weighted by molar-refractivity contribution is 5.19. The molecule has 1 atom stereocenters. The molecule has 1 aliphatic heterocycles. The summed E-state index contributed by atoms with van der Waals surface area (Å²) < 4.78 is 18.4. The number of nitrogens with zero attached hydrogens (tertiary/aromatic N) is 2. The van der Waals surface area contributed by atoms with E-state index in [1.54, 1.807) is 6.07 Å². The van der Waals surface area contributed by atoms with Crippen molar-refractivity contribution in [1.29, 1.82) is 0 Å². The van der Waals surface area contributed by atoms with Gasteiger partial charge in [-0.1, -0.05) is 23.7 Å². The normalized spacial score (nSPS) is 19.5. The molecule has 0 amide bonds. The molecule has 1 aliphatic rings. The van der Waals surface area contributed by atoms with E-state index >= 15 is 0 Å². The van der Waals surface area contributed by atoms with E-state index in [1.807, 2.05) is 6.07 Å². The van der Waals surface area contributed by atoms with Gasteiger partial charge >= 0.3 is 0 Å². The quantitative estimate of drug-likeness (QED) is 0.922. The molecule has 1 saturated heterocycles. The van der Waals surface area contributed by atoms with Gasteiger partial charge in [-0.15, -0.1) is 0 Å². The molecule has 3 rings (SSSR count). The highest BCUT2D eigenvalue weighted by Crippen LogP contribution is 2.21. The van der Waals surface area contributed by atoms with Crippen LogP contribution in [0.25, 0.3) is 0 Å². The topological polar surface area (TPSA) is 51.0 Å². The lowest BCUT2D eigenvalue weighted by Crippen LogP contribution is -2.27. The number of halogens is 1. The van der Waals surface area contributed by atoms with Crippen molar-refractivity contribution in [3.63, 3.8) is 0 Å². The number of hydrogen-bond acceptors (Lipinski definition) is 4. The van der Waals surface area contributed by atoms with Crippen molar-refractivity contribution < 1.29 is 8.91 Å². The second-order valence-electron chi connectivity index (χ2n) is 4.86. The van der Waals surface area contributed by atoms with Crippen molar-refractivity contribution >= 4 is 0 Å². The Bertz CT molecular complexity index is 549. The minimum Gasteiger partial charge on any atom is -0.338 e. The molecule has 1 N–H and O–H groups in total. The smallest absolute Gasteiger partial charge is 0.243 e. The summed E-state index contributed by atoms with van der Waals surface area (Å²) in [5, 5.41) is 7.33. The number of hydrogen-bond donors (Lipinski definition) is 1. The maximum Gasteiger partial charge on any atom is 0.243 e. The lowest BCUT2D eigenvalue weighted by atomic mass is 10.1. The zero-order chi connectivity index (χ0) is 13.1. The SMILES string of the molecule is Fc1cccc(Cc2noc([C@@H]3CCCCN3)n2)c1. The van der Waals surface area contributed by atoms with Crippen LogP contribution in [-0.4, -0.2) is 16.7 Å². The van der Waals surface area contributed by atoms with Crippen LogP contribution in [0.3, 0.4) is 0 Å². The molecule has 0 aliphatic carbocycles. The molecule has 0 unspecified atom stereocenters. The Balaban J connectivity index is 1.70. The highest BCUT2D eigenvalue weighted by Gasteiger charge is 2.20. The predicted molar refractivity (Wildman–Crippen MR) is 68.1 cm³/mol. The number of benzene rings is 1. The predicted octanol–water partition coefficient (Wildman–Crippen LogP) is 2.61. The molecular weight excluding hydrogens is 245 g/mol. The van der Waals surface area contributed by atoms with Crippen molar-refractivity contribution in [3.8, 4) is 0 Å². The standard InChI is InChI=1S/C14H16FN3O/c15-11-5-3-4-10(8-11)9-13-17-14(19-18-13)12-6-1-2-7-16-12/h3-5,8,12,16H,1-2,6-7,9H2/t12-/m0/s1. The molecule has 2 aromatic rings. The number of nitrogens with one attached hydrogen (secondary N) is 1. The summed E-state index contributed by atoms with van der Waals surface area (Å²) in [6.45, 7) is 0.992. The van der Waals surface area contributed by atoms with Crippen LogP contribution in [0.2, 0.25) is 0 Å². The average molecular weight is 261 g/mol. The van der Waals surface area contributed by atoms with Gasteiger partial charge in [0.15, 0.2) is 5.82 Å². The second kappa shape index (κ2) is 5.48. The van der Waals surface area contributed by atoms with Crippen LogP contribution in [0.1, 0.15) is 42.6 Å². The van der Waals surface area contributed by atoms with E-state index in [1.165, 1.54) is 25.0 Å². The van der Waals surface area contributed by atoms with Crippen molar-refractivity contribution in [1.82, 2.24) is 15.5 Å². The van der Waals surface area contributed by atoms with Crippen molar-refractivity contribution in [3.05, 3.63) is 47.4 Å². The van der Waals surface area contributed by atoms with Gasteiger partial charge in [-0.3, -0.25) is 0 Å². The van der Waals surface area contributed by atoms with Crippen LogP contribution in [0, 0.1) is 5.82 Å². The van der Waals surface area contributed by atoms with E-state index in [4.69, 9.17) is 4.52 Å². The van der Waals surface area contributed by atoms with Gasteiger partial charge in [0.25, 0.3) is 0 Å². The minimum absolute atomic E-state index is 0.169. The fraction of sp³-hybridized carbons (Fsp3) is 0.429. The molecule has 0 saturated carbocycles. The van der Waals surface area contributed by atoms with Gasteiger partial charge in [-0.25, -0.2) is 4.39 Å². The summed E-state index contributed by atoms with van der Waals surface area (Å²) in [4.78, 5) is 4.40. The van der Waals surface area contributed by atoms with Crippen LogP contribution in [0.15, 0.2) is 28.8 Å². The first kappa shape index (κ1) is 12.3. The van der Waals surface area contributed by atoms with Gasteiger partial charge in [0.05, 0.1) is 6.04 Å². The summed E-state index contributed by atoms with van der Waals surface area (Å²) >= 11 is 0. The Kier molecular flexibility index (Phi) is 3.55. The number of rotatable bonds is 3. The van der Waals surface area contributed by atoms with Crippen LogP contribution in [0.4, 0.5) is 4.39 Å². The Morgan fingerprint density at radius 2 is 2.32 bits per heavy atom. The molecule has 0 bridgehead atoms. The number of aromatic nitrogens is 2. The number of piperidine rings is 1. The maximum atomic E-state index is 13.1. The Morgan fingerprint density at radius 3 is 3.11 bits per heavy atom. The zero-order valence-electron chi connectivity index (χ0n) is 10.6. The summed E-state index contributed by atoms with van der Waals surface area (Å²) in [6, 6.07) is 6.64. The largest absolute Gasteiger partial charge is 0.338 e. The monoisotopic (exact) mass is 261 g/mol. The van der Waals surface area contributed by atoms with Gasteiger partial charge in [0.2, 0.25) is 5.89 Å². The lowest BCUT2D eigenvalue weighted by Gasteiger charge is -2.19. The van der Waals surface area contributed by atoms with Crippen LogP contribution >= 0.6 is 0 Å². The van der Waals surface area contributed by atoms with Crippen LogP contribution < -0.4 is 5.32 Å². The first-order valence-electron chi connectivity index (χ1n) is 6.61. The Hall–Kier alpha value is -1.75. The molecule has 1 fully saturated rings. The zero-order valence-corrected chi connectivity index (χ0v) is 10.6. The van der Waals surface area contributed by atoms with E-state index in [-0.39, 0.29) is 11.9 Å². The molecule has 100 valence electrons. The molecule has 5 heteroatoms. The van der Waals surface area contributed by atoms with Crippen molar-refractivity contribution in [2.24, 2.45) is 0 Å². The molecule has 1 aromatic heterocycles. The van der Waals surface area contributed by atoms with Gasteiger partial charge < -0.3 is 9.84 Å². The first-order valence-corrected chi connectivity index (χ1v) is 6.61. The minimum atomic E-state index is -0.241. The summed E-state index contributed by atoms with van der Waals surface area (Å²) in [6.07, 6.45) is 3.90. The van der Waals surface area contributed by atoms with E-state index in [9.17, 15) is 4.39 Å². The fourth-order valence-corrected chi connectivity index (χ4v) is 2.37. The van der Waals surface area contributed by atoms with Crippen LogP contribution in [-0.2, 0) is 6.42 Å². The second-order valence-corrected chi connectivity index (χ2v) is 4.86. The van der Waals surface area contributed by atoms with Gasteiger partial charge in [0, 0.05) is 6.42 Å². The molecular formula is C14H16FN3O.